The Morgan fingerprint density at radius 3 is 0.533 bits per heavy atom. The van der Waals surface area contributed by atoms with Crippen LogP contribution in [0.3, 0.4) is 0 Å². The third kappa shape index (κ3) is 63.4. The maximum absolute atomic E-state index is 2.24. The van der Waals surface area contributed by atoms with E-state index in [2.05, 4.69) is 27.7 Å². The Hall–Kier alpha value is 6.62. The predicted molar refractivity (Wildman–Crippen MR) is 47.4 cm³/mol. The van der Waals surface area contributed by atoms with Crippen LogP contribution in [0.5, 0.6) is 0 Å². The standard InChI is InChI=1S/C6H14.C2H6.CH3.6Y/c1-5(2)6(3)4;1-2;;;;;;;/h5-6H,1-4H3;1-2H3;1H3;;;;;;/q;;-1;;;;;;. The first-order valence-corrected chi connectivity index (χ1v) is 3.64. The third-order valence-corrected chi connectivity index (χ3v) is 1.33. The molecule has 0 spiro atoms. The molecule has 15 heavy (non-hydrogen) atoms. The van der Waals surface area contributed by atoms with Gasteiger partial charge in [0.1, 0.15) is 0 Å². The van der Waals surface area contributed by atoms with Gasteiger partial charge in [0.05, 0.1) is 0 Å². The molecule has 0 nitrogen and oxygen atoms in total. The zero-order valence-electron chi connectivity index (χ0n) is 11.6. The second-order valence-electron chi connectivity index (χ2n) is 2.49. The van der Waals surface area contributed by atoms with Crippen LogP contribution in [0.15, 0.2) is 0 Å². The summed E-state index contributed by atoms with van der Waals surface area (Å²) >= 11 is 0. The van der Waals surface area contributed by atoms with Crippen molar-refractivity contribution in [1.82, 2.24) is 0 Å². The molecule has 6 heteroatoms. The van der Waals surface area contributed by atoms with Crippen molar-refractivity contribution < 1.29 is 196 Å². The molecular formula is C9H23Y6-. The van der Waals surface area contributed by atoms with E-state index in [0.717, 1.165) is 11.8 Å². The minimum atomic E-state index is 0. The molecule has 0 aliphatic heterocycles. The van der Waals surface area contributed by atoms with E-state index < -0.39 is 0 Å². The van der Waals surface area contributed by atoms with Crippen molar-refractivity contribution in [2.75, 3.05) is 0 Å². The van der Waals surface area contributed by atoms with Crippen molar-refractivity contribution in [3.63, 3.8) is 0 Å². The van der Waals surface area contributed by atoms with E-state index in [1.165, 1.54) is 0 Å². The van der Waals surface area contributed by atoms with Gasteiger partial charge in [-0.05, 0) is 11.8 Å². The number of hydrogen-bond donors (Lipinski definition) is 0. The third-order valence-electron chi connectivity index (χ3n) is 1.33. The van der Waals surface area contributed by atoms with Crippen molar-refractivity contribution in [2.45, 2.75) is 41.5 Å². The minimum Gasteiger partial charge on any atom is -0.358 e. The molecule has 0 atom stereocenters. The molecule has 0 rings (SSSR count). The molecule has 0 saturated heterocycles. The van der Waals surface area contributed by atoms with E-state index in [1.54, 1.807) is 0 Å². The van der Waals surface area contributed by atoms with Crippen LogP contribution in [0.1, 0.15) is 41.5 Å². The fraction of sp³-hybridized carbons (Fsp3) is 0.889. The Labute approximate surface area is 250 Å². The summed E-state index contributed by atoms with van der Waals surface area (Å²) in [5.41, 5.74) is 0. The van der Waals surface area contributed by atoms with Gasteiger partial charge in [-0.1, -0.05) is 41.5 Å². The van der Waals surface area contributed by atoms with Crippen molar-refractivity contribution in [2.24, 2.45) is 11.8 Å². The van der Waals surface area contributed by atoms with Crippen LogP contribution in [0.25, 0.3) is 0 Å². The molecule has 0 heterocycles. The summed E-state index contributed by atoms with van der Waals surface area (Å²) in [5.74, 6) is 1.70. The molecule has 0 aliphatic carbocycles. The summed E-state index contributed by atoms with van der Waals surface area (Å²) in [6, 6.07) is 0. The molecule has 0 aromatic rings. The smallest absolute Gasteiger partial charge is 0 e. The van der Waals surface area contributed by atoms with E-state index >= 15 is 0 Å². The molecule has 0 saturated carbocycles. The fourth-order valence-corrected chi connectivity index (χ4v) is 0. The Morgan fingerprint density at radius 1 is 0.467 bits per heavy atom. The van der Waals surface area contributed by atoms with Crippen LogP contribution < -0.4 is 0 Å². The quantitative estimate of drug-likeness (QED) is 0.375. The summed E-state index contributed by atoms with van der Waals surface area (Å²) in [6.45, 7) is 13.0. The molecule has 0 N–H and O–H groups in total. The normalized spacial score (nSPS) is 4.80. The van der Waals surface area contributed by atoms with Gasteiger partial charge in [-0.25, -0.2) is 0 Å². The topological polar surface area (TPSA) is 0 Å². The Morgan fingerprint density at radius 2 is 0.533 bits per heavy atom. The Kier molecular flexibility index (Phi) is 192. The van der Waals surface area contributed by atoms with E-state index in [0.29, 0.717) is 0 Å². The summed E-state index contributed by atoms with van der Waals surface area (Å²) < 4.78 is 0. The average molecular weight is 665 g/mol. The van der Waals surface area contributed by atoms with Crippen LogP contribution in [0.2, 0.25) is 0 Å². The first-order chi connectivity index (χ1) is 3.64. The molecular weight excluding hydrogens is 642 g/mol. The van der Waals surface area contributed by atoms with Crippen molar-refractivity contribution >= 4 is 0 Å². The van der Waals surface area contributed by atoms with Crippen molar-refractivity contribution in [3.8, 4) is 0 Å². The number of hydrogen-bond acceptors (Lipinski definition) is 0. The van der Waals surface area contributed by atoms with Gasteiger partial charge in [0, 0.05) is 196 Å². The molecule has 0 aromatic carbocycles. The first kappa shape index (κ1) is 57.7. The molecule has 6 radical (unpaired) electrons. The van der Waals surface area contributed by atoms with Crippen LogP contribution in [0.4, 0.5) is 0 Å². The summed E-state index contributed by atoms with van der Waals surface area (Å²) in [6.07, 6.45) is 0. The number of rotatable bonds is 1. The zero-order valence-corrected chi connectivity index (χ0v) is 28.6. The second kappa shape index (κ2) is 49.8. The monoisotopic (exact) mass is 665 g/mol. The van der Waals surface area contributed by atoms with Gasteiger partial charge in [-0.15, -0.1) is 0 Å². The molecule has 0 bridgehead atoms. The van der Waals surface area contributed by atoms with Gasteiger partial charge < -0.3 is 7.43 Å². The van der Waals surface area contributed by atoms with E-state index in [9.17, 15) is 0 Å². The summed E-state index contributed by atoms with van der Waals surface area (Å²) in [5, 5.41) is 0. The summed E-state index contributed by atoms with van der Waals surface area (Å²) in [7, 11) is 0. The van der Waals surface area contributed by atoms with Gasteiger partial charge >= 0.3 is 0 Å². The van der Waals surface area contributed by atoms with Crippen LogP contribution in [0, 0.1) is 19.3 Å². The fourth-order valence-electron chi connectivity index (χ4n) is 0. The van der Waals surface area contributed by atoms with Gasteiger partial charge in [0.15, 0.2) is 0 Å². The first-order valence-electron chi connectivity index (χ1n) is 3.64. The average Bonchev–Trinajstić information content (AvgIpc) is 1.72. The molecule has 0 unspecified atom stereocenters. The predicted octanol–water partition coefficient (Wildman–Crippen LogP) is 3.76. The largest absolute Gasteiger partial charge is 0.358 e. The van der Waals surface area contributed by atoms with Crippen LogP contribution >= 0.6 is 0 Å². The van der Waals surface area contributed by atoms with Gasteiger partial charge in [0.2, 0.25) is 0 Å². The Bertz CT molecular complexity index is 35.6. The SMILES string of the molecule is CC.CC(C)C(C)C.[CH3-].[Y].[Y].[Y].[Y].[Y].[Y]. The van der Waals surface area contributed by atoms with Crippen molar-refractivity contribution in [1.29, 1.82) is 0 Å². The van der Waals surface area contributed by atoms with E-state index in [4.69, 9.17) is 0 Å². The minimum absolute atomic E-state index is 0. The van der Waals surface area contributed by atoms with E-state index in [1.807, 2.05) is 13.8 Å². The summed E-state index contributed by atoms with van der Waals surface area (Å²) in [4.78, 5) is 0. The molecule has 0 aromatic heterocycles. The van der Waals surface area contributed by atoms with Crippen LogP contribution in [-0.2, 0) is 196 Å². The zero-order chi connectivity index (χ0) is 7.15. The molecule has 0 amide bonds. The molecule has 0 aliphatic rings. The van der Waals surface area contributed by atoms with Crippen LogP contribution in [-0.4, -0.2) is 0 Å². The Balaban J connectivity index is -0.00000000542. The maximum atomic E-state index is 2.24. The second-order valence-corrected chi connectivity index (χ2v) is 2.49. The van der Waals surface area contributed by atoms with Gasteiger partial charge in [-0.2, -0.15) is 0 Å². The van der Waals surface area contributed by atoms with Crippen molar-refractivity contribution in [3.05, 3.63) is 7.43 Å². The van der Waals surface area contributed by atoms with E-state index in [-0.39, 0.29) is 204 Å². The van der Waals surface area contributed by atoms with Gasteiger partial charge in [-0.3, -0.25) is 0 Å². The maximum Gasteiger partial charge on any atom is 0 e. The van der Waals surface area contributed by atoms with Gasteiger partial charge in [0.25, 0.3) is 0 Å². The molecule has 78 valence electrons. The molecule has 0 fully saturated rings.